The number of benzene rings is 1. The lowest BCUT2D eigenvalue weighted by molar-refractivity contribution is -0.384. The molecule has 6 heteroatoms. The molecule has 1 aromatic heterocycles. The Labute approximate surface area is 144 Å². The van der Waals surface area contributed by atoms with E-state index in [-0.39, 0.29) is 11.6 Å². The number of hydrogen-bond acceptors (Lipinski definition) is 4. The Morgan fingerprint density at radius 1 is 1.21 bits per heavy atom. The van der Waals surface area contributed by atoms with Crippen molar-refractivity contribution in [3.8, 4) is 0 Å². The standard InChI is InChI=1S/C18H18N2O3S/c21-18(6-3-14-1-4-17(5-2-14)20(22)23)19-10-7-15(8-11-19)16-9-12-24-13-16/h1-6,9,12-13,15H,7-8,10-11H2/b6-3+. The Hall–Kier alpha value is -2.47. The summed E-state index contributed by atoms with van der Waals surface area (Å²) in [5, 5.41) is 14.9. The minimum atomic E-state index is -0.434. The van der Waals surface area contributed by atoms with Crippen LogP contribution in [0.4, 0.5) is 5.69 Å². The molecule has 0 bridgehead atoms. The maximum atomic E-state index is 12.3. The van der Waals surface area contributed by atoms with E-state index in [9.17, 15) is 14.9 Å². The lowest BCUT2D eigenvalue weighted by Gasteiger charge is -2.31. The highest BCUT2D eigenvalue weighted by atomic mass is 32.1. The van der Waals surface area contributed by atoms with Crippen LogP contribution < -0.4 is 0 Å². The molecule has 0 radical (unpaired) electrons. The highest BCUT2D eigenvalue weighted by Gasteiger charge is 2.22. The van der Waals surface area contributed by atoms with Gasteiger partial charge in [-0.3, -0.25) is 14.9 Å². The van der Waals surface area contributed by atoms with Gasteiger partial charge in [0.25, 0.3) is 5.69 Å². The number of hydrogen-bond donors (Lipinski definition) is 0. The monoisotopic (exact) mass is 342 g/mol. The molecule has 0 saturated carbocycles. The van der Waals surface area contributed by atoms with Crippen LogP contribution in [0, 0.1) is 10.1 Å². The van der Waals surface area contributed by atoms with Crippen LogP contribution in [0.3, 0.4) is 0 Å². The van der Waals surface area contributed by atoms with Crippen molar-refractivity contribution < 1.29 is 9.72 Å². The van der Waals surface area contributed by atoms with Crippen LogP contribution in [0.1, 0.15) is 29.9 Å². The summed E-state index contributed by atoms with van der Waals surface area (Å²) in [5.41, 5.74) is 2.21. The first kappa shape index (κ1) is 16.4. The van der Waals surface area contributed by atoms with E-state index in [4.69, 9.17) is 0 Å². The third-order valence-corrected chi connectivity index (χ3v) is 5.04. The summed E-state index contributed by atoms with van der Waals surface area (Å²) in [7, 11) is 0. The second-order valence-corrected chi connectivity index (χ2v) is 6.62. The molecule has 1 saturated heterocycles. The van der Waals surface area contributed by atoms with Crippen molar-refractivity contribution in [3.63, 3.8) is 0 Å². The molecule has 0 atom stereocenters. The van der Waals surface area contributed by atoms with Crippen LogP contribution in [-0.2, 0) is 4.79 Å². The highest BCUT2D eigenvalue weighted by molar-refractivity contribution is 7.07. The number of nitrogens with zero attached hydrogens (tertiary/aromatic N) is 2. The number of thiophene rings is 1. The normalized spacial score (nSPS) is 15.8. The number of non-ortho nitro benzene ring substituents is 1. The van der Waals surface area contributed by atoms with Gasteiger partial charge < -0.3 is 4.90 Å². The van der Waals surface area contributed by atoms with E-state index in [0.29, 0.717) is 5.92 Å². The van der Waals surface area contributed by atoms with Crippen molar-refractivity contribution in [3.05, 3.63) is 68.4 Å². The summed E-state index contributed by atoms with van der Waals surface area (Å²) < 4.78 is 0. The lowest BCUT2D eigenvalue weighted by Crippen LogP contribution is -2.36. The van der Waals surface area contributed by atoms with Gasteiger partial charge in [-0.2, -0.15) is 11.3 Å². The van der Waals surface area contributed by atoms with Gasteiger partial charge in [-0.15, -0.1) is 0 Å². The first-order valence-electron chi connectivity index (χ1n) is 7.87. The maximum absolute atomic E-state index is 12.3. The van der Waals surface area contributed by atoms with Crippen LogP contribution >= 0.6 is 11.3 Å². The van der Waals surface area contributed by atoms with E-state index in [2.05, 4.69) is 16.8 Å². The molecule has 1 fully saturated rings. The summed E-state index contributed by atoms with van der Waals surface area (Å²) in [6.07, 6.45) is 5.24. The van der Waals surface area contributed by atoms with E-state index in [1.54, 1.807) is 35.6 Å². The van der Waals surface area contributed by atoms with Gasteiger partial charge in [-0.1, -0.05) is 0 Å². The fourth-order valence-electron chi connectivity index (χ4n) is 2.92. The Balaban J connectivity index is 1.54. The van der Waals surface area contributed by atoms with Gasteiger partial charge >= 0.3 is 0 Å². The van der Waals surface area contributed by atoms with Crippen LogP contribution in [0.15, 0.2) is 47.2 Å². The second-order valence-electron chi connectivity index (χ2n) is 5.84. The zero-order valence-electron chi connectivity index (χ0n) is 13.1. The Bertz CT molecular complexity index is 730. The first-order chi connectivity index (χ1) is 11.6. The van der Waals surface area contributed by atoms with Crippen molar-refractivity contribution >= 4 is 29.0 Å². The highest BCUT2D eigenvalue weighted by Crippen LogP contribution is 2.29. The number of amides is 1. The predicted molar refractivity (Wildman–Crippen MR) is 95.0 cm³/mol. The van der Waals surface area contributed by atoms with Crippen molar-refractivity contribution in [2.75, 3.05) is 13.1 Å². The van der Waals surface area contributed by atoms with Gasteiger partial charge in [-0.25, -0.2) is 0 Å². The molecule has 124 valence electrons. The summed E-state index contributed by atoms with van der Waals surface area (Å²) in [6, 6.07) is 8.34. The van der Waals surface area contributed by atoms with Gasteiger partial charge in [0.1, 0.15) is 0 Å². The maximum Gasteiger partial charge on any atom is 0.269 e. The lowest BCUT2D eigenvalue weighted by atomic mass is 9.91. The topological polar surface area (TPSA) is 63.4 Å². The molecule has 0 aliphatic carbocycles. The molecule has 24 heavy (non-hydrogen) atoms. The molecule has 2 aromatic rings. The SMILES string of the molecule is O=C(/C=C/c1ccc([N+](=O)[O-])cc1)N1CCC(c2ccsc2)CC1. The molecular weight excluding hydrogens is 324 g/mol. The van der Waals surface area contributed by atoms with E-state index in [1.807, 2.05) is 4.90 Å². The number of carbonyl (C=O) groups is 1. The number of nitro groups is 1. The molecule has 0 unspecified atom stereocenters. The van der Waals surface area contributed by atoms with Crippen LogP contribution in [0.5, 0.6) is 0 Å². The van der Waals surface area contributed by atoms with Crippen molar-refractivity contribution in [2.45, 2.75) is 18.8 Å². The fraction of sp³-hybridized carbons (Fsp3) is 0.278. The molecule has 3 rings (SSSR count). The van der Waals surface area contributed by atoms with Crippen molar-refractivity contribution in [1.29, 1.82) is 0 Å². The average molecular weight is 342 g/mol. The van der Waals surface area contributed by atoms with Gasteiger partial charge in [-0.05, 0) is 64.9 Å². The molecule has 2 heterocycles. The fourth-order valence-corrected chi connectivity index (χ4v) is 3.66. The quantitative estimate of drug-likeness (QED) is 0.478. The molecule has 5 nitrogen and oxygen atoms in total. The third-order valence-electron chi connectivity index (χ3n) is 4.34. The summed E-state index contributed by atoms with van der Waals surface area (Å²) in [5.74, 6) is 0.552. The molecule has 1 aromatic carbocycles. The van der Waals surface area contributed by atoms with Gasteiger partial charge in [0.15, 0.2) is 0 Å². The number of rotatable bonds is 4. The molecular formula is C18H18N2O3S. The molecule has 1 aliphatic heterocycles. The van der Waals surface area contributed by atoms with Crippen molar-refractivity contribution in [2.24, 2.45) is 0 Å². The summed E-state index contributed by atoms with van der Waals surface area (Å²) in [6.45, 7) is 1.54. The van der Waals surface area contributed by atoms with Gasteiger partial charge in [0.05, 0.1) is 4.92 Å². The smallest absolute Gasteiger partial charge is 0.269 e. The van der Waals surface area contributed by atoms with E-state index in [1.165, 1.54) is 17.7 Å². The predicted octanol–water partition coefficient (Wildman–Crippen LogP) is 4.08. The van der Waals surface area contributed by atoms with E-state index >= 15 is 0 Å². The zero-order valence-corrected chi connectivity index (χ0v) is 13.9. The molecule has 0 N–H and O–H groups in total. The Morgan fingerprint density at radius 3 is 2.50 bits per heavy atom. The van der Waals surface area contributed by atoms with E-state index in [0.717, 1.165) is 31.5 Å². The van der Waals surface area contributed by atoms with E-state index < -0.39 is 4.92 Å². The Kier molecular flexibility index (Phi) is 5.05. The average Bonchev–Trinajstić information content (AvgIpc) is 3.15. The molecule has 1 amide bonds. The zero-order chi connectivity index (χ0) is 16.9. The minimum Gasteiger partial charge on any atom is -0.339 e. The number of likely N-dealkylation sites (tertiary alicyclic amines) is 1. The van der Waals surface area contributed by atoms with Crippen molar-refractivity contribution in [1.82, 2.24) is 4.90 Å². The molecule has 0 spiro atoms. The summed E-state index contributed by atoms with van der Waals surface area (Å²) in [4.78, 5) is 24.3. The number of carbonyl (C=O) groups excluding carboxylic acids is 1. The van der Waals surface area contributed by atoms with Crippen LogP contribution in [0.25, 0.3) is 6.08 Å². The largest absolute Gasteiger partial charge is 0.339 e. The summed E-state index contributed by atoms with van der Waals surface area (Å²) >= 11 is 1.71. The van der Waals surface area contributed by atoms with Gasteiger partial charge in [0, 0.05) is 31.3 Å². The first-order valence-corrected chi connectivity index (χ1v) is 8.81. The number of piperidine rings is 1. The van der Waals surface area contributed by atoms with Crippen LogP contribution in [0.2, 0.25) is 0 Å². The number of nitro benzene ring substituents is 1. The Morgan fingerprint density at radius 2 is 1.92 bits per heavy atom. The second kappa shape index (κ2) is 7.40. The van der Waals surface area contributed by atoms with Gasteiger partial charge in [0.2, 0.25) is 5.91 Å². The third kappa shape index (κ3) is 3.89. The minimum absolute atomic E-state index is 0.00267. The van der Waals surface area contributed by atoms with Crippen LogP contribution in [-0.4, -0.2) is 28.8 Å². The molecule has 1 aliphatic rings.